The number of carboxylic acids is 1. The van der Waals surface area contributed by atoms with Gasteiger partial charge in [-0.1, -0.05) is 109 Å². The molecular weight excluding hydrogens is 460 g/mol. The highest BCUT2D eigenvalue weighted by molar-refractivity contribution is 5.66. The van der Waals surface area contributed by atoms with Gasteiger partial charge in [0.1, 0.15) is 0 Å². The number of aliphatic carboxylic acids is 1. The van der Waals surface area contributed by atoms with E-state index in [1.165, 1.54) is 77.0 Å². The van der Waals surface area contributed by atoms with Crippen LogP contribution in [0.4, 0.5) is 0 Å². The molecule has 0 spiro atoms. The van der Waals surface area contributed by atoms with Crippen molar-refractivity contribution in [1.29, 1.82) is 0 Å². The van der Waals surface area contributed by atoms with Crippen LogP contribution in [0.2, 0.25) is 0 Å². The summed E-state index contributed by atoms with van der Waals surface area (Å²) >= 11 is 0. The highest BCUT2D eigenvalue weighted by Gasteiger charge is 2.09. The largest absolute Gasteiger partial charge is 0.481 e. The number of allylic oxidation sites excluding steroid dienone is 4. The van der Waals surface area contributed by atoms with Gasteiger partial charge in [-0.05, 0) is 70.6 Å². The predicted molar refractivity (Wildman–Crippen MR) is 159 cm³/mol. The SMILES string of the molecule is CCCCCCC/C=C\CCCOC(CCCCCCCC(=O)O)OCCC/C=C\CCCCCCC. The molecule has 0 aliphatic heterocycles. The first-order valence-corrected chi connectivity index (χ1v) is 16.0. The van der Waals surface area contributed by atoms with Gasteiger partial charge in [0.15, 0.2) is 6.29 Å². The summed E-state index contributed by atoms with van der Waals surface area (Å²) in [4.78, 5) is 10.6. The lowest BCUT2D eigenvalue weighted by atomic mass is 10.1. The Bertz CT molecular complexity index is 482. The number of hydrogen-bond donors (Lipinski definition) is 1. The first kappa shape index (κ1) is 35.9. The fraction of sp³-hybridized carbons (Fsp3) is 0.848. The minimum atomic E-state index is -0.689. The Morgan fingerprint density at radius 3 is 1.46 bits per heavy atom. The van der Waals surface area contributed by atoms with Crippen LogP contribution in [0.15, 0.2) is 24.3 Å². The van der Waals surface area contributed by atoms with E-state index in [0.717, 1.165) is 77.4 Å². The number of carbonyl (C=O) groups is 1. The van der Waals surface area contributed by atoms with Crippen molar-refractivity contribution in [2.45, 2.75) is 168 Å². The summed E-state index contributed by atoms with van der Waals surface area (Å²) in [5, 5.41) is 8.75. The zero-order chi connectivity index (χ0) is 27.1. The third kappa shape index (κ3) is 31.0. The number of carboxylic acid groups (broad SMARTS) is 1. The smallest absolute Gasteiger partial charge is 0.303 e. The number of hydrogen-bond acceptors (Lipinski definition) is 3. The Morgan fingerprint density at radius 1 is 0.568 bits per heavy atom. The van der Waals surface area contributed by atoms with E-state index >= 15 is 0 Å². The molecule has 0 amide bonds. The van der Waals surface area contributed by atoms with Crippen molar-refractivity contribution in [1.82, 2.24) is 0 Å². The summed E-state index contributed by atoms with van der Waals surface area (Å²) in [6.07, 6.45) is 35.6. The molecule has 0 aromatic carbocycles. The van der Waals surface area contributed by atoms with Crippen LogP contribution in [0.1, 0.15) is 162 Å². The van der Waals surface area contributed by atoms with E-state index in [2.05, 4.69) is 38.2 Å². The minimum Gasteiger partial charge on any atom is -0.481 e. The average Bonchev–Trinajstić information content (AvgIpc) is 2.89. The summed E-state index contributed by atoms with van der Waals surface area (Å²) in [5.41, 5.74) is 0. The second kappa shape index (κ2) is 31.1. The van der Waals surface area contributed by atoms with Gasteiger partial charge in [-0.15, -0.1) is 0 Å². The molecule has 0 radical (unpaired) electrons. The standard InChI is InChI=1S/C33H62O4/c1-3-5-7-9-11-13-15-17-22-26-30-36-33(29-25-21-19-20-24-28-32(34)35)37-31-27-23-18-16-14-12-10-8-6-4-2/h15-18,33H,3-14,19-31H2,1-2H3,(H,34,35)/b17-15-,18-16-. The molecule has 0 aliphatic rings. The molecule has 0 fully saturated rings. The van der Waals surface area contributed by atoms with Crippen molar-refractivity contribution in [2.75, 3.05) is 13.2 Å². The van der Waals surface area contributed by atoms with E-state index in [0.29, 0.717) is 0 Å². The average molecular weight is 523 g/mol. The van der Waals surface area contributed by atoms with Gasteiger partial charge in [-0.2, -0.15) is 0 Å². The van der Waals surface area contributed by atoms with E-state index in [9.17, 15) is 4.79 Å². The molecule has 37 heavy (non-hydrogen) atoms. The molecule has 218 valence electrons. The van der Waals surface area contributed by atoms with E-state index in [-0.39, 0.29) is 12.7 Å². The van der Waals surface area contributed by atoms with Crippen molar-refractivity contribution >= 4 is 5.97 Å². The Morgan fingerprint density at radius 2 is 0.973 bits per heavy atom. The highest BCUT2D eigenvalue weighted by atomic mass is 16.7. The zero-order valence-electron chi connectivity index (χ0n) is 24.7. The van der Waals surface area contributed by atoms with Gasteiger partial charge in [-0.25, -0.2) is 0 Å². The van der Waals surface area contributed by atoms with Crippen LogP contribution in [-0.2, 0) is 14.3 Å². The molecule has 0 atom stereocenters. The molecule has 4 heteroatoms. The summed E-state index contributed by atoms with van der Waals surface area (Å²) < 4.78 is 12.2. The molecule has 0 rings (SSSR count). The molecule has 0 aliphatic carbocycles. The maximum absolute atomic E-state index is 10.6. The molecule has 0 heterocycles. The summed E-state index contributed by atoms with van der Waals surface area (Å²) in [5.74, 6) is -0.689. The van der Waals surface area contributed by atoms with Gasteiger partial charge in [0.2, 0.25) is 0 Å². The van der Waals surface area contributed by atoms with E-state index < -0.39 is 5.97 Å². The Kier molecular flexibility index (Phi) is 30.1. The molecule has 0 saturated heterocycles. The Hall–Kier alpha value is -1.13. The van der Waals surface area contributed by atoms with Crippen molar-refractivity contribution in [2.24, 2.45) is 0 Å². The van der Waals surface area contributed by atoms with Crippen LogP contribution in [0.5, 0.6) is 0 Å². The zero-order valence-corrected chi connectivity index (χ0v) is 24.7. The van der Waals surface area contributed by atoms with Gasteiger partial charge in [0, 0.05) is 6.42 Å². The summed E-state index contributed by atoms with van der Waals surface area (Å²) in [6, 6.07) is 0. The second-order valence-corrected chi connectivity index (χ2v) is 10.5. The molecule has 0 aromatic heterocycles. The topological polar surface area (TPSA) is 55.8 Å². The maximum Gasteiger partial charge on any atom is 0.303 e. The van der Waals surface area contributed by atoms with Gasteiger partial charge >= 0.3 is 5.97 Å². The first-order valence-electron chi connectivity index (χ1n) is 16.0. The molecule has 0 saturated carbocycles. The van der Waals surface area contributed by atoms with Crippen molar-refractivity contribution < 1.29 is 19.4 Å². The maximum atomic E-state index is 10.6. The monoisotopic (exact) mass is 522 g/mol. The molecule has 0 bridgehead atoms. The number of ether oxygens (including phenoxy) is 2. The van der Waals surface area contributed by atoms with Crippen molar-refractivity contribution in [3.8, 4) is 0 Å². The third-order valence-corrected chi connectivity index (χ3v) is 6.75. The van der Waals surface area contributed by atoms with Crippen LogP contribution in [0, 0.1) is 0 Å². The van der Waals surface area contributed by atoms with Gasteiger partial charge in [0.25, 0.3) is 0 Å². The number of unbranched alkanes of at least 4 members (excludes halogenated alkanes) is 16. The molecule has 0 aromatic rings. The second-order valence-electron chi connectivity index (χ2n) is 10.5. The highest BCUT2D eigenvalue weighted by Crippen LogP contribution is 2.13. The van der Waals surface area contributed by atoms with Gasteiger partial charge < -0.3 is 14.6 Å². The number of rotatable bonds is 30. The predicted octanol–water partition coefficient (Wildman–Crippen LogP) is 10.6. The molecule has 1 N–H and O–H groups in total. The van der Waals surface area contributed by atoms with E-state index in [4.69, 9.17) is 14.6 Å². The lowest BCUT2D eigenvalue weighted by Crippen LogP contribution is -2.18. The fourth-order valence-corrected chi connectivity index (χ4v) is 4.37. The normalized spacial score (nSPS) is 12.0. The molecular formula is C33H62O4. The van der Waals surface area contributed by atoms with Crippen LogP contribution < -0.4 is 0 Å². The van der Waals surface area contributed by atoms with E-state index in [1.807, 2.05) is 0 Å². The first-order chi connectivity index (χ1) is 18.2. The summed E-state index contributed by atoms with van der Waals surface area (Å²) in [6.45, 7) is 6.03. The van der Waals surface area contributed by atoms with Crippen molar-refractivity contribution in [3.05, 3.63) is 24.3 Å². The van der Waals surface area contributed by atoms with Gasteiger partial charge in [-0.3, -0.25) is 4.79 Å². The summed E-state index contributed by atoms with van der Waals surface area (Å²) in [7, 11) is 0. The van der Waals surface area contributed by atoms with Crippen molar-refractivity contribution in [3.63, 3.8) is 0 Å². The Balaban J connectivity index is 4.01. The van der Waals surface area contributed by atoms with Crippen LogP contribution in [0.25, 0.3) is 0 Å². The van der Waals surface area contributed by atoms with Crippen LogP contribution in [-0.4, -0.2) is 30.6 Å². The lowest BCUT2D eigenvalue weighted by Gasteiger charge is -2.18. The van der Waals surface area contributed by atoms with Gasteiger partial charge in [0.05, 0.1) is 13.2 Å². The fourth-order valence-electron chi connectivity index (χ4n) is 4.37. The van der Waals surface area contributed by atoms with E-state index in [1.54, 1.807) is 0 Å². The Labute approximate surface area is 230 Å². The molecule has 4 nitrogen and oxygen atoms in total. The quantitative estimate of drug-likeness (QED) is 0.0579. The lowest BCUT2D eigenvalue weighted by molar-refractivity contribution is -0.147. The van der Waals surface area contributed by atoms with Crippen LogP contribution >= 0.6 is 0 Å². The van der Waals surface area contributed by atoms with Crippen LogP contribution in [0.3, 0.4) is 0 Å². The third-order valence-electron chi connectivity index (χ3n) is 6.75. The minimum absolute atomic E-state index is 0.107. The molecule has 0 unspecified atom stereocenters.